The largest absolute Gasteiger partial charge is 0.481 e. The van der Waals surface area contributed by atoms with Crippen molar-refractivity contribution in [3.8, 4) is 11.8 Å². The van der Waals surface area contributed by atoms with Crippen LogP contribution in [0.1, 0.15) is 171 Å². The van der Waals surface area contributed by atoms with E-state index in [1.807, 2.05) is 44.5 Å². The molecule has 3 aromatic rings. The fourth-order valence-electron chi connectivity index (χ4n) is 12.2. The number of ether oxygens (including phenoxy) is 1. The molecule has 6 rings (SSSR count). The van der Waals surface area contributed by atoms with Crippen molar-refractivity contribution in [2.45, 2.75) is 188 Å². The predicted molar refractivity (Wildman–Crippen MR) is 348 cm³/mol. The van der Waals surface area contributed by atoms with Gasteiger partial charge in [0, 0.05) is 49.7 Å². The van der Waals surface area contributed by atoms with Gasteiger partial charge >= 0.3 is 12.1 Å². The monoisotopic (exact) mass is 1300 g/mol. The third-order valence-electron chi connectivity index (χ3n) is 18.0. The van der Waals surface area contributed by atoms with E-state index in [9.17, 15) is 53.4 Å². The Bertz CT molecular complexity index is 3040. The first kappa shape index (κ1) is 73.6. The molecule has 3 aliphatic rings. The number of aliphatic hydroxyl groups is 1. The number of likely N-dealkylation sites (tertiary alicyclic amines) is 1. The van der Waals surface area contributed by atoms with Crippen LogP contribution in [0.25, 0.3) is 0 Å². The molecular weight excluding hydrogens is 1200 g/mol. The first-order valence-corrected chi connectivity index (χ1v) is 33.6. The second kappa shape index (κ2) is 36.1. The summed E-state index contributed by atoms with van der Waals surface area (Å²) in [6.45, 7) is 12.9. The molecule has 9 N–H and O–H groups in total. The molecular formula is C68H97FN10O12S. The van der Waals surface area contributed by atoms with E-state index in [-0.39, 0.29) is 84.3 Å². The maximum absolute atomic E-state index is 15.9. The summed E-state index contributed by atoms with van der Waals surface area (Å²) in [4.78, 5) is 128. The number of unbranched alkanes of at least 4 members (excludes halogenated alkanes) is 3. The van der Waals surface area contributed by atoms with Gasteiger partial charge in [0.05, 0.1) is 36.8 Å². The summed E-state index contributed by atoms with van der Waals surface area (Å²) in [7, 11) is 1.93. The molecule has 92 heavy (non-hydrogen) atoms. The molecule has 9 atom stereocenters. The van der Waals surface area contributed by atoms with Crippen LogP contribution in [0.2, 0.25) is 0 Å². The van der Waals surface area contributed by atoms with Crippen molar-refractivity contribution in [2.24, 2.45) is 35.0 Å². The van der Waals surface area contributed by atoms with Crippen molar-refractivity contribution in [3.05, 3.63) is 81.6 Å². The number of amides is 8. The number of anilines is 1. The van der Waals surface area contributed by atoms with Crippen molar-refractivity contribution in [1.29, 1.82) is 0 Å². The maximum atomic E-state index is 15.9. The average molecular weight is 1300 g/mol. The number of aromatic nitrogens is 1. The standard InChI is InChI=1S/C68H97FN10O12S/c1-9-11-12-21-31-79(65(87)60(43(5)10-2)77-63(86)54-27-20-22-30-78(54)8)55(42(3)4)35-56(80)64-76-53(41-92-64)62(85)73-46(36-68(6,7)66(88)89)32-45-28-29-51(50(69)33-45)74-59(83)39-71-61(84)52(34-44-23-16-15-17-24-44)75-58(82)38-70-57(81)37-72-67(90)91-40-49-47-25-18-13-14-19-26-48(47)49/h15-17,23-24,28-29,33,41-43,46-49,52,54-56,60,80H,9-12,18-22,25-27,30-32,34-40H2,1-8H3,(H,70,81)(H,71,84)(H,72,90)(H,73,85)(H,74,83)(H,75,82)(H,77,86)(H,88,89)/t43-,46-,47?,48?,49?,52-,54+,55+,56+,60-/m0/s1. The highest BCUT2D eigenvalue weighted by atomic mass is 32.1. The second-order valence-electron chi connectivity index (χ2n) is 25.9. The number of aliphatic carboxylic acids is 1. The number of carbonyl (C=O) groups excluding carboxylic acids is 8. The summed E-state index contributed by atoms with van der Waals surface area (Å²) in [6.07, 6.45) is 8.56. The van der Waals surface area contributed by atoms with Gasteiger partial charge in [0.15, 0.2) is 0 Å². The molecule has 1 saturated carbocycles. The Labute approximate surface area is 544 Å². The van der Waals surface area contributed by atoms with Gasteiger partial charge in [0.1, 0.15) is 41.3 Å². The Kier molecular flexibility index (Phi) is 28.9. The average Bonchev–Trinajstić information content (AvgIpc) is 1.61. The van der Waals surface area contributed by atoms with Gasteiger partial charge in [-0.15, -0.1) is 23.2 Å². The summed E-state index contributed by atoms with van der Waals surface area (Å²) in [5.41, 5.74) is -0.613. The van der Waals surface area contributed by atoms with E-state index in [1.54, 1.807) is 30.3 Å². The topological polar surface area (TPSA) is 307 Å². The summed E-state index contributed by atoms with van der Waals surface area (Å²) >= 11 is 1.07. The Balaban J connectivity index is 1.04. The number of hydrogen-bond acceptors (Lipinski definition) is 14. The third-order valence-corrected chi connectivity index (χ3v) is 18.9. The lowest BCUT2D eigenvalue weighted by Gasteiger charge is -2.40. The smallest absolute Gasteiger partial charge is 0.407 e. The number of benzene rings is 2. The van der Waals surface area contributed by atoms with Gasteiger partial charge in [-0.1, -0.05) is 103 Å². The summed E-state index contributed by atoms with van der Waals surface area (Å²) in [6, 6.07) is 9.02. The van der Waals surface area contributed by atoms with Crippen LogP contribution in [0.3, 0.4) is 0 Å². The van der Waals surface area contributed by atoms with E-state index in [4.69, 9.17) is 4.74 Å². The van der Waals surface area contributed by atoms with Crippen molar-refractivity contribution >= 4 is 70.4 Å². The molecule has 2 aliphatic carbocycles. The van der Waals surface area contributed by atoms with Crippen LogP contribution in [0.15, 0.2) is 53.9 Å². The lowest BCUT2D eigenvalue weighted by atomic mass is 9.84. The quantitative estimate of drug-likeness (QED) is 0.0210. The molecule has 504 valence electrons. The maximum Gasteiger partial charge on any atom is 0.407 e. The molecule has 22 nitrogen and oxygen atoms in total. The summed E-state index contributed by atoms with van der Waals surface area (Å²) in [5.74, 6) is 1.25. The van der Waals surface area contributed by atoms with Crippen LogP contribution >= 0.6 is 11.3 Å². The molecule has 0 bridgehead atoms. The number of hydrogen-bond donors (Lipinski definition) is 9. The van der Waals surface area contributed by atoms with Crippen LogP contribution in [0, 0.1) is 52.7 Å². The zero-order chi connectivity index (χ0) is 67.1. The fraction of sp³-hybridized carbons (Fsp3) is 0.618. The van der Waals surface area contributed by atoms with E-state index in [2.05, 4.69) is 61.0 Å². The minimum Gasteiger partial charge on any atom is -0.481 e. The number of rotatable bonds is 35. The molecule has 24 heteroatoms. The molecule has 2 aromatic carbocycles. The molecule has 1 aliphatic heterocycles. The van der Waals surface area contributed by atoms with Crippen molar-refractivity contribution in [2.75, 3.05) is 51.7 Å². The molecule has 1 aromatic heterocycles. The zero-order valence-corrected chi connectivity index (χ0v) is 55.5. The number of thiazole rings is 1. The van der Waals surface area contributed by atoms with Gasteiger partial charge in [0.25, 0.3) is 5.91 Å². The number of carboxylic acid groups (broad SMARTS) is 1. The fourth-order valence-corrected chi connectivity index (χ4v) is 13.0. The summed E-state index contributed by atoms with van der Waals surface area (Å²) < 4.78 is 21.2. The molecule has 2 heterocycles. The van der Waals surface area contributed by atoms with Crippen molar-refractivity contribution in [1.82, 2.24) is 46.7 Å². The van der Waals surface area contributed by atoms with E-state index in [0.717, 1.165) is 88.2 Å². The van der Waals surface area contributed by atoms with Gasteiger partial charge in [-0.2, -0.15) is 0 Å². The number of nitrogens with one attached hydrogen (secondary N) is 7. The number of carbonyl (C=O) groups is 9. The number of halogens is 1. The van der Waals surface area contributed by atoms with Crippen LogP contribution < -0.4 is 37.2 Å². The molecule has 2 unspecified atom stereocenters. The van der Waals surface area contributed by atoms with E-state index >= 15 is 4.39 Å². The molecule has 1 saturated heterocycles. The highest BCUT2D eigenvalue weighted by Gasteiger charge is 2.49. The van der Waals surface area contributed by atoms with E-state index in [1.165, 1.54) is 31.4 Å². The first-order chi connectivity index (χ1) is 43.9. The van der Waals surface area contributed by atoms with Gasteiger partial charge in [-0.05, 0) is 125 Å². The van der Waals surface area contributed by atoms with Crippen molar-refractivity contribution in [3.63, 3.8) is 0 Å². The van der Waals surface area contributed by atoms with Gasteiger partial charge in [-0.3, -0.25) is 43.3 Å². The highest BCUT2D eigenvalue weighted by molar-refractivity contribution is 7.09. The Hall–Kier alpha value is -7.49. The van der Waals surface area contributed by atoms with E-state index in [0.29, 0.717) is 42.3 Å². The van der Waals surface area contributed by atoms with Gasteiger partial charge in [-0.25, -0.2) is 14.2 Å². The summed E-state index contributed by atoms with van der Waals surface area (Å²) in [5, 5.41) is 42.1. The second-order valence-corrected chi connectivity index (χ2v) is 26.8. The third kappa shape index (κ3) is 22.7. The van der Waals surface area contributed by atoms with E-state index < -0.39 is 103 Å². The number of nitrogens with zero attached hydrogens (tertiary/aromatic N) is 3. The predicted octanol–water partition coefficient (Wildman–Crippen LogP) is 7.06. The minimum absolute atomic E-state index is 0.00999. The Morgan fingerprint density at radius 3 is 2.17 bits per heavy atom. The molecule has 0 radical (unpaired) electrons. The number of likely N-dealkylation sites (N-methyl/N-ethyl adjacent to an activating group) is 1. The first-order valence-electron chi connectivity index (χ1n) is 32.7. The normalized spacial score (nSPS) is 19.0. The lowest BCUT2D eigenvalue weighted by Crippen LogP contribution is -2.58. The molecule has 0 spiro atoms. The van der Waals surface area contributed by atoms with Crippen molar-refractivity contribution < 1.29 is 62.5 Å². The number of fused-ring (bicyclic) bond motifs is 1. The highest BCUT2D eigenvalue weighted by Crippen LogP contribution is 2.52. The zero-order valence-electron chi connectivity index (χ0n) is 54.7. The van der Waals surface area contributed by atoms with Gasteiger partial charge < -0.3 is 57.1 Å². The van der Waals surface area contributed by atoms with Crippen LogP contribution in [0.4, 0.5) is 14.9 Å². The number of piperidine rings is 1. The Morgan fingerprint density at radius 2 is 1.52 bits per heavy atom. The number of alkyl carbamates (subject to hydrolysis) is 1. The number of carboxylic acids is 1. The molecule has 8 amide bonds. The van der Waals surface area contributed by atoms with Gasteiger partial charge in [0.2, 0.25) is 35.4 Å². The van der Waals surface area contributed by atoms with Crippen LogP contribution in [-0.4, -0.2) is 155 Å². The van der Waals surface area contributed by atoms with Crippen LogP contribution in [-0.2, 0) is 51.1 Å². The van der Waals surface area contributed by atoms with Crippen LogP contribution in [0.5, 0.6) is 0 Å². The SMILES string of the molecule is CCCCCCN(C(=O)[C@@H](NC(=O)[C@H]1CCCCN1C)[C@@H](C)CC)[C@H](C[C@@H](O)c1nc(C(=O)N[C@@H](Cc2ccc(NC(=O)CNC(=O)[C@H](Cc3ccccc3)NC(=O)CNC(=O)CNC(=O)OCC3C4CCC#CCCC43)c(F)c2)CC(C)(C)C(=O)O)cs1)C(C)C. The Morgan fingerprint density at radius 1 is 0.826 bits per heavy atom. The number of aliphatic hydroxyl groups excluding tert-OH is 1. The lowest BCUT2D eigenvalue weighted by molar-refractivity contribution is -0.147. The molecule has 2 fully saturated rings. The minimum atomic E-state index is -1.35.